The summed E-state index contributed by atoms with van der Waals surface area (Å²) in [6.07, 6.45) is 2.75. The van der Waals surface area contributed by atoms with E-state index >= 15 is 0 Å². The van der Waals surface area contributed by atoms with Gasteiger partial charge in [0.1, 0.15) is 12.4 Å². The molecule has 0 saturated heterocycles. The van der Waals surface area contributed by atoms with Crippen molar-refractivity contribution < 1.29 is 4.79 Å². The van der Waals surface area contributed by atoms with Gasteiger partial charge >= 0.3 is 0 Å². The number of benzene rings is 2. The molecule has 2 aliphatic rings. The average molecular weight is 391 g/mol. The molecule has 2 atom stereocenters. The summed E-state index contributed by atoms with van der Waals surface area (Å²) in [5.41, 5.74) is 4.98. The van der Waals surface area contributed by atoms with Gasteiger partial charge in [0.05, 0.1) is 0 Å². The van der Waals surface area contributed by atoms with Gasteiger partial charge in [-0.25, -0.2) is 4.68 Å². The maximum Gasteiger partial charge on any atom is 0.226 e. The van der Waals surface area contributed by atoms with E-state index in [1.165, 1.54) is 17.5 Å². The molecule has 5 nitrogen and oxygen atoms in total. The maximum atomic E-state index is 13.3. The van der Waals surface area contributed by atoms with E-state index < -0.39 is 0 Å². The van der Waals surface area contributed by atoms with Crippen molar-refractivity contribution in [3.8, 4) is 0 Å². The second kappa shape index (κ2) is 6.60. The van der Waals surface area contributed by atoms with E-state index in [0.29, 0.717) is 17.4 Å². The van der Waals surface area contributed by atoms with Crippen LogP contribution in [0.2, 0.25) is 5.02 Å². The fourth-order valence-electron chi connectivity index (χ4n) is 4.40. The molecule has 5 rings (SSSR count). The van der Waals surface area contributed by atoms with Crippen LogP contribution in [0.15, 0.2) is 66.1 Å². The van der Waals surface area contributed by atoms with Crippen molar-refractivity contribution in [3.63, 3.8) is 0 Å². The molecule has 0 unspecified atom stereocenters. The highest BCUT2D eigenvalue weighted by molar-refractivity contribution is 6.31. The minimum Gasteiger partial charge on any atom is -0.328 e. The molecule has 3 aromatic rings. The molecule has 0 spiro atoms. The molecule has 1 aromatic heterocycles. The number of aryl methyl sites for hydroxylation is 1. The van der Waals surface area contributed by atoms with Gasteiger partial charge in [-0.05, 0) is 36.5 Å². The number of Topliss-reactive ketones (excluding diaryl/α,β-unsaturated/α-hetero) is 1. The van der Waals surface area contributed by atoms with Crippen LogP contribution in [0.3, 0.4) is 0 Å². The number of hydrogen-bond acceptors (Lipinski definition) is 4. The SMILES string of the molecule is Cc1ccccc1[C@H]1CC(=O)C2=C(C1)Nc1ncnn1[C@@H]2c1ccccc1Cl. The fourth-order valence-corrected chi connectivity index (χ4v) is 4.64. The second-order valence-electron chi connectivity index (χ2n) is 7.35. The van der Waals surface area contributed by atoms with Crippen LogP contribution in [0.4, 0.5) is 5.95 Å². The first kappa shape index (κ1) is 17.2. The van der Waals surface area contributed by atoms with Crippen LogP contribution in [0.1, 0.15) is 41.5 Å². The second-order valence-corrected chi connectivity index (χ2v) is 7.76. The minimum absolute atomic E-state index is 0.132. The Bertz CT molecular complexity index is 1120. The predicted molar refractivity (Wildman–Crippen MR) is 108 cm³/mol. The Balaban J connectivity index is 1.63. The van der Waals surface area contributed by atoms with Crippen LogP contribution >= 0.6 is 11.6 Å². The van der Waals surface area contributed by atoms with Gasteiger partial charge in [0.25, 0.3) is 0 Å². The van der Waals surface area contributed by atoms with Crippen molar-refractivity contribution in [2.45, 2.75) is 31.7 Å². The van der Waals surface area contributed by atoms with Crippen molar-refractivity contribution in [1.29, 1.82) is 0 Å². The molecule has 2 heterocycles. The van der Waals surface area contributed by atoms with E-state index in [4.69, 9.17) is 11.6 Å². The Kier molecular flexibility index (Phi) is 4.05. The highest BCUT2D eigenvalue weighted by Crippen LogP contribution is 2.45. The molecule has 1 aliphatic carbocycles. The molecule has 0 bridgehead atoms. The number of halogens is 1. The van der Waals surface area contributed by atoms with E-state index in [1.54, 1.807) is 4.68 Å². The Morgan fingerprint density at radius 3 is 2.61 bits per heavy atom. The number of anilines is 1. The van der Waals surface area contributed by atoms with Crippen molar-refractivity contribution in [2.75, 3.05) is 5.32 Å². The summed E-state index contributed by atoms with van der Waals surface area (Å²) in [6, 6.07) is 15.6. The third-order valence-electron chi connectivity index (χ3n) is 5.69. The molecule has 28 heavy (non-hydrogen) atoms. The summed E-state index contributed by atoms with van der Waals surface area (Å²) in [4.78, 5) is 17.7. The number of nitrogens with zero attached hydrogens (tertiary/aromatic N) is 3. The summed E-state index contributed by atoms with van der Waals surface area (Å²) in [7, 11) is 0. The normalized spacial score (nSPS) is 21.1. The van der Waals surface area contributed by atoms with Crippen LogP contribution < -0.4 is 5.32 Å². The average Bonchev–Trinajstić information content (AvgIpc) is 3.15. The van der Waals surface area contributed by atoms with E-state index in [0.717, 1.165) is 23.3 Å². The lowest BCUT2D eigenvalue weighted by atomic mass is 9.77. The smallest absolute Gasteiger partial charge is 0.226 e. The van der Waals surface area contributed by atoms with E-state index in [-0.39, 0.29) is 17.7 Å². The van der Waals surface area contributed by atoms with Gasteiger partial charge in [-0.15, -0.1) is 0 Å². The summed E-state index contributed by atoms with van der Waals surface area (Å²) in [5.74, 6) is 0.927. The van der Waals surface area contributed by atoms with Crippen LogP contribution in [0.25, 0.3) is 0 Å². The zero-order valence-electron chi connectivity index (χ0n) is 15.4. The molecule has 0 saturated carbocycles. The molecule has 1 N–H and O–H groups in total. The number of carbonyl (C=O) groups is 1. The van der Waals surface area contributed by atoms with Gasteiger partial charge in [-0.2, -0.15) is 10.1 Å². The van der Waals surface area contributed by atoms with Crippen LogP contribution in [-0.4, -0.2) is 20.5 Å². The van der Waals surface area contributed by atoms with Crippen LogP contribution in [0, 0.1) is 6.92 Å². The third kappa shape index (κ3) is 2.66. The summed E-state index contributed by atoms with van der Waals surface area (Å²) in [6.45, 7) is 2.10. The van der Waals surface area contributed by atoms with Crippen molar-refractivity contribution in [2.24, 2.45) is 0 Å². The Morgan fingerprint density at radius 1 is 1.07 bits per heavy atom. The zero-order chi connectivity index (χ0) is 19.3. The predicted octanol–water partition coefficient (Wildman–Crippen LogP) is 4.66. The number of ketones is 1. The van der Waals surface area contributed by atoms with Crippen molar-refractivity contribution in [1.82, 2.24) is 14.8 Å². The van der Waals surface area contributed by atoms with Gasteiger partial charge in [0, 0.05) is 28.3 Å². The molecular weight excluding hydrogens is 372 g/mol. The van der Waals surface area contributed by atoms with Gasteiger partial charge in [-0.3, -0.25) is 4.79 Å². The molecule has 6 heteroatoms. The highest BCUT2D eigenvalue weighted by Gasteiger charge is 2.40. The summed E-state index contributed by atoms with van der Waals surface area (Å²) in [5, 5.41) is 8.35. The first-order chi connectivity index (χ1) is 13.6. The lowest BCUT2D eigenvalue weighted by Gasteiger charge is -2.35. The maximum absolute atomic E-state index is 13.3. The number of aromatic nitrogens is 3. The minimum atomic E-state index is -0.354. The van der Waals surface area contributed by atoms with Crippen LogP contribution in [-0.2, 0) is 4.79 Å². The standard InChI is InChI=1S/C22H19ClN4O/c1-13-6-2-3-7-15(13)14-10-18-20(19(28)11-14)21(16-8-4-5-9-17(16)23)27-22(26-18)24-12-25-27/h2-9,12,14,21H,10-11H2,1H3,(H,24,25,26)/t14-,21-/m1/s1. The number of nitrogens with one attached hydrogen (secondary N) is 1. The molecular formula is C22H19ClN4O. The Morgan fingerprint density at radius 2 is 1.82 bits per heavy atom. The molecule has 2 aromatic carbocycles. The van der Waals surface area contributed by atoms with Gasteiger partial charge in [-0.1, -0.05) is 54.1 Å². The first-order valence-electron chi connectivity index (χ1n) is 9.36. The molecule has 140 valence electrons. The lowest BCUT2D eigenvalue weighted by Crippen LogP contribution is -2.33. The van der Waals surface area contributed by atoms with Gasteiger partial charge in [0.2, 0.25) is 5.95 Å². The number of allylic oxidation sites excluding steroid dienone is 2. The molecule has 0 amide bonds. The Labute approximate surface area is 168 Å². The highest BCUT2D eigenvalue weighted by atomic mass is 35.5. The third-order valence-corrected chi connectivity index (χ3v) is 6.03. The van der Waals surface area contributed by atoms with Crippen molar-refractivity contribution >= 4 is 23.3 Å². The summed E-state index contributed by atoms with van der Waals surface area (Å²) < 4.78 is 1.76. The number of fused-ring (bicyclic) bond motifs is 1. The Hall–Kier alpha value is -2.92. The zero-order valence-corrected chi connectivity index (χ0v) is 16.1. The largest absolute Gasteiger partial charge is 0.328 e. The van der Waals surface area contributed by atoms with Gasteiger partial charge < -0.3 is 5.32 Å². The lowest BCUT2D eigenvalue weighted by molar-refractivity contribution is -0.116. The molecule has 0 radical (unpaired) electrons. The summed E-state index contributed by atoms with van der Waals surface area (Å²) >= 11 is 6.50. The number of hydrogen-bond donors (Lipinski definition) is 1. The van der Waals surface area contributed by atoms with E-state index in [2.05, 4.69) is 34.5 Å². The monoisotopic (exact) mass is 390 g/mol. The van der Waals surface area contributed by atoms with Gasteiger partial charge in [0.15, 0.2) is 5.78 Å². The number of rotatable bonds is 2. The quantitative estimate of drug-likeness (QED) is 0.691. The van der Waals surface area contributed by atoms with Crippen molar-refractivity contribution in [3.05, 3.63) is 87.8 Å². The number of carbonyl (C=O) groups excluding carboxylic acids is 1. The fraction of sp³-hybridized carbons (Fsp3) is 0.227. The first-order valence-corrected chi connectivity index (χ1v) is 9.74. The van der Waals surface area contributed by atoms with Crippen LogP contribution in [0.5, 0.6) is 0 Å². The topological polar surface area (TPSA) is 59.8 Å². The molecule has 0 fully saturated rings. The molecule has 1 aliphatic heterocycles. The van der Waals surface area contributed by atoms with E-state index in [9.17, 15) is 4.79 Å². The van der Waals surface area contributed by atoms with E-state index in [1.807, 2.05) is 36.4 Å².